The van der Waals surface area contributed by atoms with Gasteiger partial charge in [-0.25, -0.2) is 0 Å². The summed E-state index contributed by atoms with van der Waals surface area (Å²) in [4.78, 5) is 0. The second-order valence-electron chi connectivity index (χ2n) is 3.10. The van der Waals surface area contributed by atoms with Gasteiger partial charge in [0.05, 0.1) is 11.1 Å². The zero-order chi connectivity index (χ0) is 13.3. The zero-order valence-corrected chi connectivity index (χ0v) is 8.79. The molecular formula is C10H5ClF6. The highest BCUT2D eigenvalue weighted by molar-refractivity contribution is 6.28. The summed E-state index contributed by atoms with van der Waals surface area (Å²) in [6.07, 6.45) is -9.29. The van der Waals surface area contributed by atoms with E-state index in [4.69, 9.17) is 11.6 Å². The van der Waals surface area contributed by atoms with Gasteiger partial charge in [-0.05, 0) is 17.7 Å². The summed E-state index contributed by atoms with van der Waals surface area (Å²) in [5, 5.41) is 0. The first-order valence-electron chi connectivity index (χ1n) is 4.21. The lowest BCUT2D eigenvalue weighted by Crippen LogP contribution is -2.11. The first kappa shape index (κ1) is 13.9. The van der Waals surface area contributed by atoms with Crippen LogP contribution in [-0.2, 0) is 6.18 Å². The summed E-state index contributed by atoms with van der Waals surface area (Å²) in [7, 11) is 0. The molecule has 0 radical (unpaired) electrons. The van der Waals surface area contributed by atoms with Gasteiger partial charge >= 0.3 is 12.4 Å². The van der Waals surface area contributed by atoms with Crippen LogP contribution in [0.5, 0.6) is 0 Å². The van der Waals surface area contributed by atoms with E-state index in [2.05, 4.69) is 0 Å². The molecule has 0 N–H and O–H groups in total. The molecule has 1 aromatic carbocycles. The molecule has 0 bridgehead atoms. The number of benzene rings is 1. The van der Waals surface area contributed by atoms with E-state index < -0.39 is 29.1 Å². The lowest BCUT2D eigenvalue weighted by Gasteiger charge is -2.12. The van der Waals surface area contributed by atoms with Crippen molar-refractivity contribution in [1.82, 2.24) is 0 Å². The Morgan fingerprint density at radius 3 is 1.71 bits per heavy atom. The quantitative estimate of drug-likeness (QED) is 0.642. The maximum atomic E-state index is 12.4. The number of rotatable bonds is 1. The van der Waals surface area contributed by atoms with E-state index in [1.165, 1.54) is 0 Å². The maximum absolute atomic E-state index is 12.4. The van der Waals surface area contributed by atoms with Gasteiger partial charge in [0.25, 0.3) is 0 Å². The molecule has 0 saturated carbocycles. The summed E-state index contributed by atoms with van der Waals surface area (Å²) in [5.41, 5.74) is -2.33. The van der Waals surface area contributed by atoms with Crippen LogP contribution in [0.3, 0.4) is 0 Å². The number of halogens is 7. The Morgan fingerprint density at radius 1 is 0.941 bits per heavy atom. The van der Waals surface area contributed by atoms with Gasteiger partial charge in [-0.3, -0.25) is 0 Å². The second kappa shape index (κ2) is 4.60. The van der Waals surface area contributed by atoms with E-state index in [0.717, 1.165) is 12.1 Å². The molecule has 0 aliphatic carbocycles. The van der Waals surface area contributed by atoms with Gasteiger partial charge in [0, 0.05) is 5.54 Å². The third kappa shape index (κ3) is 3.39. The van der Waals surface area contributed by atoms with E-state index in [1.54, 1.807) is 0 Å². The minimum Gasteiger partial charge on any atom is -0.166 e. The Labute approximate surface area is 97.5 Å². The molecule has 0 saturated heterocycles. The summed E-state index contributed by atoms with van der Waals surface area (Å²) >= 11 is 5.01. The van der Waals surface area contributed by atoms with Gasteiger partial charge in [-0.15, -0.1) is 0 Å². The fourth-order valence-corrected chi connectivity index (χ4v) is 1.38. The Morgan fingerprint density at radius 2 is 1.41 bits per heavy atom. The molecular weight excluding hydrogens is 270 g/mol. The predicted octanol–water partition coefficient (Wildman–Crippen LogP) is 4.85. The van der Waals surface area contributed by atoms with Crippen molar-refractivity contribution in [2.45, 2.75) is 12.4 Å². The third-order valence-corrected chi connectivity index (χ3v) is 2.16. The lowest BCUT2D eigenvalue weighted by atomic mass is 10.0. The number of allylic oxidation sites excluding steroid dienone is 1. The first-order chi connectivity index (χ1) is 7.66. The molecule has 0 fully saturated rings. The second-order valence-corrected chi connectivity index (χ2v) is 3.31. The highest BCUT2D eigenvalue weighted by Gasteiger charge is 2.35. The van der Waals surface area contributed by atoms with Crippen LogP contribution in [0, 0.1) is 0 Å². The monoisotopic (exact) mass is 274 g/mol. The molecule has 7 heteroatoms. The SMILES string of the molecule is FC(F)(F)/C(=C\Cl)c1ccc(C(F)(F)F)cc1. The molecule has 0 heterocycles. The van der Waals surface area contributed by atoms with Crippen molar-refractivity contribution in [3.8, 4) is 0 Å². The molecule has 17 heavy (non-hydrogen) atoms. The van der Waals surface area contributed by atoms with Crippen molar-refractivity contribution < 1.29 is 26.3 Å². The molecule has 1 aromatic rings. The van der Waals surface area contributed by atoms with Crippen molar-refractivity contribution in [2.24, 2.45) is 0 Å². The van der Waals surface area contributed by atoms with Crippen LogP contribution >= 0.6 is 11.6 Å². The molecule has 0 unspecified atom stereocenters. The third-order valence-electron chi connectivity index (χ3n) is 1.94. The lowest BCUT2D eigenvalue weighted by molar-refractivity contribution is -0.137. The van der Waals surface area contributed by atoms with Crippen LogP contribution in [0.2, 0.25) is 0 Å². The van der Waals surface area contributed by atoms with Gasteiger partial charge in [0.1, 0.15) is 0 Å². The predicted molar refractivity (Wildman–Crippen MR) is 51.3 cm³/mol. The fourth-order valence-electron chi connectivity index (χ4n) is 1.13. The van der Waals surface area contributed by atoms with Gasteiger partial charge < -0.3 is 0 Å². The number of hydrogen-bond donors (Lipinski definition) is 0. The van der Waals surface area contributed by atoms with Crippen LogP contribution in [0.25, 0.3) is 5.57 Å². The molecule has 0 spiro atoms. The van der Waals surface area contributed by atoms with E-state index in [9.17, 15) is 26.3 Å². The molecule has 94 valence electrons. The van der Waals surface area contributed by atoms with Gasteiger partial charge in [-0.1, -0.05) is 23.7 Å². The normalized spacial score (nSPS) is 13.9. The van der Waals surface area contributed by atoms with Crippen LogP contribution in [0.15, 0.2) is 29.8 Å². The van der Waals surface area contributed by atoms with Crippen LogP contribution in [0.1, 0.15) is 11.1 Å². The van der Waals surface area contributed by atoms with Gasteiger partial charge in [0.15, 0.2) is 0 Å². The van der Waals surface area contributed by atoms with Crippen LogP contribution in [0.4, 0.5) is 26.3 Å². The van der Waals surface area contributed by atoms with Crippen molar-refractivity contribution in [2.75, 3.05) is 0 Å². The maximum Gasteiger partial charge on any atom is 0.417 e. The molecule has 0 nitrogen and oxygen atoms in total. The molecule has 0 aliphatic rings. The molecule has 0 aromatic heterocycles. The molecule has 0 aliphatic heterocycles. The van der Waals surface area contributed by atoms with E-state index >= 15 is 0 Å². The molecule has 0 amide bonds. The Balaban J connectivity index is 3.11. The number of hydrogen-bond acceptors (Lipinski definition) is 0. The largest absolute Gasteiger partial charge is 0.417 e. The summed E-state index contributed by atoms with van der Waals surface area (Å²) in [6, 6.07) is 2.60. The Kier molecular flexibility index (Phi) is 3.76. The molecule has 1 rings (SSSR count). The van der Waals surface area contributed by atoms with Crippen LogP contribution < -0.4 is 0 Å². The van der Waals surface area contributed by atoms with Crippen LogP contribution in [-0.4, -0.2) is 6.18 Å². The topological polar surface area (TPSA) is 0 Å². The standard InChI is InChI=1S/C10H5ClF6/c11-5-8(10(15,16)17)6-1-3-7(4-2-6)9(12,13)14/h1-5H/b8-5-. The minimum atomic E-state index is -4.71. The van der Waals surface area contributed by atoms with E-state index in [-0.39, 0.29) is 0 Å². The van der Waals surface area contributed by atoms with Crippen molar-refractivity contribution >= 4 is 17.2 Å². The average molecular weight is 275 g/mol. The fraction of sp³-hybridized carbons (Fsp3) is 0.200. The summed E-state index contributed by atoms with van der Waals surface area (Å²) < 4.78 is 73.6. The van der Waals surface area contributed by atoms with Crippen molar-refractivity contribution in [1.29, 1.82) is 0 Å². The Bertz CT molecular complexity index is 412. The average Bonchev–Trinajstić information content (AvgIpc) is 2.16. The van der Waals surface area contributed by atoms with E-state index in [1.807, 2.05) is 0 Å². The van der Waals surface area contributed by atoms with Gasteiger partial charge in [-0.2, -0.15) is 26.3 Å². The highest BCUT2D eigenvalue weighted by atomic mass is 35.5. The Hall–Kier alpha value is -1.17. The smallest absolute Gasteiger partial charge is 0.166 e. The van der Waals surface area contributed by atoms with Gasteiger partial charge in [0.2, 0.25) is 0 Å². The minimum absolute atomic E-state index is 0.294. The van der Waals surface area contributed by atoms with Crippen molar-refractivity contribution in [3.05, 3.63) is 40.9 Å². The number of alkyl halides is 6. The molecule has 0 atom stereocenters. The highest BCUT2D eigenvalue weighted by Crippen LogP contribution is 2.36. The van der Waals surface area contributed by atoms with E-state index in [0.29, 0.717) is 17.7 Å². The first-order valence-corrected chi connectivity index (χ1v) is 4.65. The van der Waals surface area contributed by atoms with Crippen molar-refractivity contribution in [3.63, 3.8) is 0 Å². The zero-order valence-electron chi connectivity index (χ0n) is 8.03. The summed E-state index contributed by atoms with van der Waals surface area (Å²) in [6.45, 7) is 0. The summed E-state index contributed by atoms with van der Waals surface area (Å²) in [5.74, 6) is 0.